The number of hydrogen-bond acceptors (Lipinski definition) is 7. The minimum atomic E-state index is -3.86. The van der Waals surface area contributed by atoms with Crippen LogP contribution in [0.4, 0.5) is 0 Å². The van der Waals surface area contributed by atoms with Crippen molar-refractivity contribution in [2.24, 2.45) is 0 Å². The third-order valence-corrected chi connectivity index (χ3v) is 5.08. The maximum Gasteiger partial charge on any atom is 0.490 e. The lowest BCUT2D eigenvalue weighted by Crippen LogP contribution is -2.29. The highest BCUT2D eigenvalue weighted by Crippen LogP contribution is 2.20. The molecule has 2 aromatic heterocycles. The fourth-order valence-corrected chi connectivity index (χ4v) is 3.60. The van der Waals surface area contributed by atoms with Crippen molar-refractivity contribution in [2.75, 3.05) is 0 Å². The lowest BCUT2D eigenvalue weighted by molar-refractivity contribution is 0.426. The van der Waals surface area contributed by atoms with Gasteiger partial charge in [0.2, 0.25) is 0 Å². The van der Waals surface area contributed by atoms with Crippen LogP contribution < -0.4 is 5.46 Å². The van der Waals surface area contributed by atoms with E-state index in [-0.39, 0.29) is 16.0 Å². The van der Waals surface area contributed by atoms with Crippen LogP contribution in [0.5, 0.6) is 0 Å². The summed E-state index contributed by atoms with van der Waals surface area (Å²) in [6.07, 6.45) is 2.65. The number of benzene rings is 1. The maximum absolute atomic E-state index is 12.8. The maximum atomic E-state index is 12.8. The Hall–Kier alpha value is -2.17. The Morgan fingerprint density at radius 3 is 2.28 bits per heavy atom. The van der Waals surface area contributed by atoms with Gasteiger partial charge in [-0.1, -0.05) is 17.7 Å². The first-order valence-corrected chi connectivity index (χ1v) is 8.63. The normalized spacial score (nSPS) is 10.9. The molecule has 11 heteroatoms. The quantitative estimate of drug-likeness (QED) is 0.417. The zero-order valence-electron chi connectivity index (χ0n) is 13.3. The van der Waals surface area contributed by atoms with E-state index in [2.05, 4.69) is 4.98 Å². The number of aromatic nitrogens is 2. The van der Waals surface area contributed by atoms with Crippen molar-refractivity contribution in [1.82, 2.24) is 8.96 Å². The van der Waals surface area contributed by atoms with Crippen LogP contribution >= 0.6 is 0 Å². The van der Waals surface area contributed by atoms with Crippen molar-refractivity contribution < 1.29 is 28.5 Å². The van der Waals surface area contributed by atoms with Crippen molar-refractivity contribution in [3.63, 3.8) is 0 Å². The van der Waals surface area contributed by atoms with E-state index in [4.69, 9.17) is 10.0 Å². The summed E-state index contributed by atoms with van der Waals surface area (Å²) in [5.41, 5.74) is 1.20. The van der Waals surface area contributed by atoms with Crippen molar-refractivity contribution >= 4 is 41.3 Å². The van der Waals surface area contributed by atoms with Gasteiger partial charge in [0.05, 0.1) is 4.90 Å². The van der Waals surface area contributed by atoms with Crippen LogP contribution in [0.3, 0.4) is 0 Å². The average molecular weight is 362 g/mol. The Labute approximate surface area is 145 Å². The third-order valence-electron chi connectivity index (χ3n) is 3.42. The summed E-state index contributed by atoms with van der Waals surface area (Å²) in [6.45, 7) is 1.86. The lowest BCUT2D eigenvalue weighted by atomic mass is 9.80. The second-order valence-electron chi connectivity index (χ2n) is 5.09. The average Bonchev–Trinajstić information content (AvgIpc) is 2.96. The first-order valence-electron chi connectivity index (χ1n) is 7.19. The van der Waals surface area contributed by atoms with Gasteiger partial charge in [0.15, 0.2) is 5.65 Å². The van der Waals surface area contributed by atoms with Crippen LogP contribution in [0.1, 0.15) is 5.56 Å². The van der Waals surface area contributed by atoms with Crippen LogP contribution in [0, 0.1) is 6.92 Å². The molecule has 0 aliphatic rings. The number of nitrogens with zero attached hydrogens (tertiary/aromatic N) is 2. The second-order valence-corrected chi connectivity index (χ2v) is 6.90. The number of fused-ring (bicyclic) bond motifs is 1. The molecule has 0 saturated carbocycles. The van der Waals surface area contributed by atoms with Crippen LogP contribution in [0.2, 0.25) is 0 Å². The molecule has 0 radical (unpaired) electrons. The molecule has 2 heterocycles. The molecular weight excluding hydrogens is 346 g/mol. The first kappa shape index (κ1) is 19.2. The van der Waals surface area contributed by atoms with Gasteiger partial charge in [0.25, 0.3) is 10.0 Å². The van der Waals surface area contributed by atoms with E-state index in [1.54, 1.807) is 24.3 Å². The van der Waals surface area contributed by atoms with Gasteiger partial charge >= 0.3 is 14.8 Å². The minimum absolute atomic E-state index is 0.0961. The van der Waals surface area contributed by atoms with Gasteiger partial charge in [-0.25, -0.2) is 17.4 Å². The van der Waals surface area contributed by atoms with Crippen molar-refractivity contribution in [3.8, 4) is 0 Å². The summed E-state index contributed by atoms with van der Waals surface area (Å²) >= 11 is 0. The van der Waals surface area contributed by atoms with E-state index in [0.717, 1.165) is 9.54 Å². The minimum Gasteiger partial charge on any atom is -0.430 e. The smallest absolute Gasteiger partial charge is 0.430 e. The molecule has 0 saturated heterocycles. The van der Waals surface area contributed by atoms with E-state index in [0.29, 0.717) is 5.39 Å². The van der Waals surface area contributed by atoms with Crippen molar-refractivity contribution in [2.45, 2.75) is 11.8 Å². The van der Waals surface area contributed by atoms with E-state index in [1.807, 2.05) is 6.92 Å². The number of hydrogen-bond donors (Lipinski definition) is 4. The monoisotopic (exact) mass is 362 g/mol. The molecule has 1 aromatic carbocycles. The number of rotatable bonds is 3. The van der Waals surface area contributed by atoms with Crippen LogP contribution in [-0.2, 0) is 10.0 Å². The fourth-order valence-electron chi connectivity index (χ4n) is 2.27. The molecule has 8 nitrogen and oxygen atoms in total. The van der Waals surface area contributed by atoms with Gasteiger partial charge in [-0.2, -0.15) is 0 Å². The molecule has 0 fully saturated rings. The van der Waals surface area contributed by atoms with Gasteiger partial charge in [-0.15, -0.1) is 0 Å². The molecule has 25 heavy (non-hydrogen) atoms. The van der Waals surface area contributed by atoms with Gasteiger partial charge in [-0.05, 0) is 31.2 Å². The second kappa shape index (κ2) is 7.81. The summed E-state index contributed by atoms with van der Waals surface area (Å²) in [5, 5.41) is 33.5. The predicted octanol–water partition coefficient (Wildman–Crippen LogP) is -1.50. The molecule has 0 aliphatic carbocycles. The molecule has 0 amide bonds. The van der Waals surface area contributed by atoms with E-state index < -0.39 is 24.8 Å². The summed E-state index contributed by atoms with van der Waals surface area (Å²) < 4.78 is 26.5. The SMILES string of the molecule is Cc1ccc(S(=O)(=O)n2cc(B(O)O)c3cccnc32)cc1.OBO. The zero-order valence-corrected chi connectivity index (χ0v) is 14.1. The summed E-state index contributed by atoms with van der Waals surface area (Å²) in [4.78, 5) is 4.17. The largest absolute Gasteiger partial charge is 0.490 e. The van der Waals surface area contributed by atoms with E-state index >= 15 is 0 Å². The summed E-state index contributed by atoms with van der Waals surface area (Å²) in [6, 6.07) is 9.62. The topological polar surface area (TPSA) is 133 Å². The highest BCUT2D eigenvalue weighted by atomic mass is 32.2. The summed E-state index contributed by atoms with van der Waals surface area (Å²) in [7, 11) is -6.39. The molecule has 3 aromatic rings. The Morgan fingerprint density at radius 1 is 1.12 bits per heavy atom. The Balaban J connectivity index is 0.000000701. The van der Waals surface area contributed by atoms with Crippen molar-refractivity contribution in [3.05, 3.63) is 54.4 Å². The van der Waals surface area contributed by atoms with Gasteiger partial charge < -0.3 is 20.1 Å². The van der Waals surface area contributed by atoms with E-state index in [1.165, 1.54) is 24.5 Å². The van der Waals surface area contributed by atoms with E-state index in [9.17, 15) is 18.5 Å². The van der Waals surface area contributed by atoms with Crippen LogP contribution in [0.25, 0.3) is 11.0 Å². The van der Waals surface area contributed by atoms with Crippen LogP contribution in [0.15, 0.2) is 53.7 Å². The Kier molecular flexibility index (Phi) is 5.98. The first-order chi connectivity index (χ1) is 11.8. The molecule has 4 N–H and O–H groups in total. The Bertz CT molecular complexity index is 957. The third kappa shape index (κ3) is 3.91. The van der Waals surface area contributed by atoms with Gasteiger partial charge in [0, 0.05) is 23.2 Å². The fraction of sp³-hybridized carbons (Fsp3) is 0.0714. The number of aryl methyl sites for hydroxylation is 1. The Morgan fingerprint density at radius 2 is 1.72 bits per heavy atom. The lowest BCUT2D eigenvalue weighted by Gasteiger charge is -2.07. The molecule has 0 spiro atoms. The summed E-state index contributed by atoms with van der Waals surface area (Å²) in [5.74, 6) is 0. The highest BCUT2D eigenvalue weighted by molar-refractivity contribution is 7.90. The van der Waals surface area contributed by atoms with Gasteiger partial charge in [0.1, 0.15) is 0 Å². The molecule has 0 unspecified atom stereocenters. The molecule has 0 atom stereocenters. The number of pyridine rings is 1. The molecular formula is C14H16B2N2O6S. The van der Waals surface area contributed by atoms with Gasteiger partial charge in [-0.3, -0.25) is 0 Å². The molecule has 0 bridgehead atoms. The predicted molar refractivity (Wildman–Crippen MR) is 94.9 cm³/mol. The standard InChI is InChI=1S/C14H13BN2O4S.BH3O2/c1-10-4-6-11(7-5-10)22(20,21)17-9-13(15(18)19)12-3-2-8-16-14(12)17;2-1-3/h2-9,18-19H,1H3;1-3H. The van der Waals surface area contributed by atoms with Crippen molar-refractivity contribution in [1.29, 1.82) is 0 Å². The molecule has 130 valence electrons. The zero-order chi connectivity index (χ0) is 18.6. The highest BCUT2D eigenvalue weighted by Gasteiger charge is 2.25. The molecule has 0 aliphatic heterocycles. The van der Waals surface area contributed by atoms with Crippen LogP contribution in [-0.4, -0.2) is 52.3 Å². The molecule has 3 rings (SSSR count).